The summed E-state index contributed by atoms with van der Waals surface area (Å²) in [5, 5.41) is 2.45. The number of amides is 1. The van der Waals surface area contributed by atoms with Crippen LogP contribution in [-0.4, -0.2) is 56.5 Å². The van der Waals surface area contributed by atoms with Crippen LogP contribution in [0.3, 0.4) is 0 Å². The fourth-order valence-electron chi connectivity index (χ4n) is 2.32. The summed E-state index contributed by atoms with van der Waals surface area (Å²) in [6, 6.07) is 11.6. The first kappa shape index (κ1) is 24.8. The number of ether oxygens (including phenoxy) is 4. The van der Waals surface area contributed by atoms with Crippen molar-refractivity contribution in [2.24, 2.45) is 4.99 Å². The Balaban J connectivity index is 1.70. The minimum atomic E-state index is -0.745. The van der Waals surface area contributed by atoms with Gasteiger partial charge < -0.3 is 18.9 Å². The van der Waals surface area contributed by atoms with Crippen LogP contribution in [0.2, 0.25) is 0 Å². The SMILES string of the molecule is CC(=O)OCCOC(=O)Nc1ccc(C(=O)OCCOC(=O)c2ccc(N=C=O)cc2)cc1. The first-order valence-corrected chi connectivity index (χ1v) is 9.58. The zero-order valence-electron chi connectivity index (χ0n) is 17.6. The number of aliphatic imine (C=N–C) groups is 1. The molecule has 0 unspecified atom stereocenters. The number of nitrogens with one attached hydrogen (secondary N) is 1. The molecule has 0 aromatic heterocycles. The molecule has 2 rings (SSSR count). The zero-order valence-corrected chi connectivity index (χ0v) is 17.6. The van der Waals surface area contributed by atoms with Crippen molar-refractivity contribution >= 4 is 41.5 Å². The van der Waals surface area contributed by atoms with Crippen molar-refractivity contribution in [1.29, 1.82) is 0 Å². The van der Waals surface area contributed by atoms with E-state index >= 15 is 0 Å². The molecule has 33 heavy (non-hydrogen) atoms. The van der Waals surface area contributed by atoms with Crippen LogP contribution < -0.4 is 5.32 Å². The van der Waals surface area contributed by atoms with E-state index in [0.29, 0.717) is 11.4 Å². The summed E-state index contributed by atoms with van der Waals surface area (Å²) in [5.74, 6) is -1.74. The van der Waals surface area contributed by atoms with E-state index in [-0.39, 0.29) is 37.6 Å². The molecule has 2 aromatic rings. The Morgan fingerprint density at radius 1 is 0.758 bits per heavy atom. The van der Waals surface area contributed by atoms with Gasteiger partial charge in [-0.2, -0.15) is 4.99 Å². The molecular weight excluding hydrogens is 436 g/mol. The molecular formula is C22H20N2O9. The number of carbonyl (C=O) groups is 4. The second kappa shape index (κ2) is 13.0. The molecule has 0 aliphatic heterocycles. The van der Waals surface area contributed by atoms with E-state index in [0.717, 1.165) is 0 Å². The molecule has 0 saturated carbocycles. The lowest BCUT2D eigenvalue weighted by Crippen LogP contribution is -2.17. The Kier molecular flexibility index (Phi) is 9.78. The highest BCUT2D eigenvalue weighted by Gasteiger charge is 2.11. The summed E-state index contributed by atoms with van der Waals surface area (Å²) in [7, 11) is 0. The summed E-state index contributed by atoms with van der Waals surface area (Å²) in [4.78, 5) is 59.8. The molecule has 0 radical (unpaired) electrons. The van der Waals surface area contributed by atoms with Crippen molar-refractivity contribution in [1.82, 2.24) is 0 Å². The number of nitrogens with zero attached hydrogens (tertiary/aromatic N) is 1. The summed E-state index contributed by atoms with van der Waals surface area (Å²) in [5.41, 5.74) is 1.20. The van der Waals surface area contributed by atoms with Gasteiger partial charge in [0.25, 0.3) is 0 Å². The molecule has 2 aromatic carbocycles. The highest BCUT2D eigenvalue weighted by molar-refractivity contribution is 5.91. The number of anilines is 1. The van der Waals surface area contributed by atoms with Crippen molar-refractivity contribution in [3.63, 3.8) is 0 Å². The smallest absolute Gasteiger partial charge is 0.411 e. The fraction of sp³-hybridized carbons (Fsp3) is 0.227. The molecule has 11 nitrogen and oxygen atoms in total. The van der Waals surface area contributed by atoms with Gasteiger partial charge in [0.05, 0.1) is 16.8 Å². The van der Waals surface area contributed by atoms with Gasteiger partial charge in [-0.15, -0.1) is 0 Å². The van der Waals surface area contributed by atoms with E-state index in [1.807, 2.05) is 0 Å². The second-order valence-corrected chi connectivity index (χ2v) is 6.20. The Hall–Kier alpha value is -4.50. The molecule has 0 saturated heterocycles. The Labute approximate surface area is 188 Å². The summed E-state index contributed by atoms with van der Waals surface area (Å²) < 4.78 is 19.5. The van der Waals surface area contributed by atoms with Gasteiger partial charge in [0.15, 0.2) is 0 Å². The van der Waals surface area contributed by atoms with Gasteiger partial charge in [-0.3, -0.25) is 10.1 Å². The molecule has 0 spiro atoms. The Morgan fingerprint density at radius 2 is 1.24 bits per heavy atom. The van der Waals surface area contributed by atoms with Crippen LogP contribution >= 0.6 is 0 Å². The maximum atomic E-state index is 12.1. The number of benzene rings is 2. The molecule has 0 heterocycles. The van der Waals surface area contributed by atoms with Crippen molar-refractivity contribution in [3.8, 4) is 0 Å². The lowest BCUT2D eigenvalue weighted by Gasteiger charge is -2.09. The van der Waals surface area contributed by atoms with Gasteiger partial charge >= 0.3 is 24.0 Å². The van der Waals surface area contributed by atoms with E-state index in [1.54, 1.807) is 0 Å². The molecule has 172 valence electrons. The van der Waals surface area contributed by atoms with Gasteiger partial charge in [-0.1, -0.05) is 0 Å². The number of rotatable bonds is 10. The quantitative estimate of drug-likeness (QED) is 0.187. The highest BCUT2D eigenvalue weighted by Crippen LogP contribution is 2.13. The van der Waals surface area contributed by atoms with Crippen LogP contribution in [0.15, 0.2) is 53.5 Å². The van der Waals surface area contributed by atoms with Gasteiger partial charge in [0, 0.05) is 12.6 Å². The van der Waals surface area contributed by atoms with Crippen LogP contribution in [-0.2, 0) is 28.5 Å². The lowest BCUT2D eigenvalue weighted by molar-refractivity contribution is -0.141. The average molecular weight is 456 g/mol. The summed E-state index contributed by atoms with van der Waals surface area (Å²) in [6.07, 6.45) is 0.650. The third-order valence-electron chi connectivity index (χ3n) is 3.82. The number of carbonyl (C=O) groups excluding carboxylic acids is 5. The highest BCUT2D eigenvalue weighted by atomic mass is 16.6. The minimum Gasteiger partial charge on any atom is -0.462 e. The first-order chi connectivity index (χ1) is 15.9. The lowest BCUT2D eigenvalue weighted by atomic mass is 10.2. The van der Waals surface area contributed by atoms with Crippen LogP contribution in [0, 0.1) is 0 Å². The van der Waals surface area contributed by atoms with Crippen molar-refractivity contribution in [2.45, 2.75) is 6.92 Å². The molecule has 0 atom stereocenters. The van der Waals surface area contributed by atoms with E-state index < -0.39 is 24.0 Å². The predicted octanol–water partition coefficient (Wildman–Crippen LogP) is 2.78. The van der Waals surface area contributed by atoms with Gasteiger partial charge in [-0.05, 0) is 48.5 Å². The van der Waals surface area contributed by atoms with Crippen molar-refractivity contribution in [3.05, 3.63) is 59.7 Å². The number of hydrogen-bond acceptors (Lipinski definition) is 10. The molecule has 0 fully saturated rings. The number of isocyanates is 1. The molecule has 0 bridgehead atoms. The van der Waals surface area contributed by atoms with Crippen LogP contribution in [0.25, 0.3) is 0 Å². The van der Waals surface area contributed by atoms with Crippen LogP contribution in [0.1, 0.15) is 27.6 Å². The molecule has 0 aliphatic rings. The van der Waals surface area contributed by atoms with Gasteiger partial charge in [0.1, 0.15) is 26.4 Å². The molecule has 0 aliphatic carbocycles. The predicted molar refractivity (Wildman–Crippen MR) is 113 cm³/mol. The maximum Gasteiger partial charge on any atom is 0.411 e. The third-order valence-corrected chi connectivity index (χ3v) is 3.82. The average Bonchev–Trinajstić information content (AvgIpc) is 2.80. The molecule has 11 heteroatoms. The molecule has 1 amide bonds. The first-order valence-electron chi connectivity index (χ1n) is 9.58. The fourth-order valence-corrected chi connectivity index (χ4v) is 2.32. The number of esters is 3. The van der Waals surface area contributed by atoms with E-state index in [9.17, 15) is 24.0 Å². The molecule has 1 N–H and O–H groups in total. The van der Waals surface area contributed by atoms with Crippen LogP contribution in [0.4, 0.5) is 16.2 Å². The summed E-state index contributed by atoms with van der Waals surface area (Å²) in [6.45, 7) is 0.782. The van der Waals surface area contributed by atoms with Crippen molar-refractivity contribution in [2.75, 3.05) is 31.7 Å². The minimum absolute atomic E-state index is 0.0500. The zero-order chi connectivity index (χ0) is 24.1. The standard InChI is InChI=1S/C22H20N2O9/c1-15(26)30-10-13-33-22(29)24-19-8-4-17(5-9-19)21(28)32-12-11-31-20(27)16-2-6-18(7-3-16)23-14-25/h2-9H,10-13H2,1H3,(H,24,29). The largest absolute Gasteiger partial charge is 0.462 e. The summed E-state index contributed by atoms with van der Waals surface area (Å²) >= 11 is 0. The monoisotopic (exact) mass is 456 g/mol. The van der Waals surface area contributed by atoms with E-state index in [2.05, 4.69) is 15.0 Å². The third kappa shape index (κ3) is 9.03. The maximum absolute atomic E-state index is 12.1. The van der Waals surface area contributed by atoms with Crippen molar-refractivity contribution < 1.29 is 42.9 Å². The Morgan fingerprint density at radius 3 is 1.76 bits per heavy atom. The van der Waals surface area contributed by atoms with Gasteiger partial charge in [-0.25, -0.2) is 19.2 Å². The van der Waals surface area contributed by atoms with Gasteiger partial charge in [0.2, 0.25) is 6.08 Å². The Bertz CT molecular complexity index is 1030. The topological polar surface area (TPSA) is 147 Å². The number of hydrogen-bond donors (Lipinski definition) is 1. The second-order valence-electron chi connectivity index (χ2n) is 6.20. The normalized spacial score (nSPS) is 9.73. The van der Waals surface area contributed by atoms with E-state index in [1.165, 1.54) is 61.5 Å². The van der Waals surface area contributed by atoms with E-state index in [4.69, 9.17) is 14.2 Å². The van der Waals surface area contributed by atoms with Crippen LogP contribution in [0.5, 0.6) is 0 Å².